The Kier molecular flexibility index (Phi) is 6.43. The van der Waals surface area contributed by atoms with Crippen molar-refractivity contribution in [1.82, 2.24) is 0 Å². The number of carbonyl (C=O) groups excluding carboxylic acids is 1. The van der Waals surface area contributed by atoms with Gasteiger partial charge < -0.3 is 14.6 Å². The molecule has 0 fully saturated rings. The topological polar surface area (TPSA) is 46.5 Å². The predicted molar refractivity (Wildman–Crippen MR) is 37.8 cm³/mol. The summed E-state index contributed by atoms with van der Waals surface area (Å²) < 4.78 is 4.96. The molecule has 1 N–H and O–H groups in total. The smallest absolute Gasteiger partial charge is 0.151 e. The van der Waals surface area contributed by atoms with Gasteiger partial charge in [0.1, 0.15) is 6.10 Å². The Morgan fingerprint density at radius 3 is 2.80 bits per heavy atom. The molecule has 0 aliphatic rings. The number of ether oxygens (including phenoxy) is 1. The summed E-state index contributed by atoms with van der Waals surface area (Å²) in [4.78, 5) is 10.0. The summed E-state index contributed by atoms with van der Waals surface area (Å²) in [5.74, 6) is 0. The van der Waals surface area contributed by atoms with E-state index in [0.717, 1.165) is 12.8 Å². The summed E-state index contributed by atoms with van der Waals surface area (Å²) in [7, 11) is 0. The van der Waals surface area contributed by atoms with Crippen LogP contribution in [0.4, 0.5) is 0 Å². The molecule has 3 nitrogen and oxygen atoms in total. The van der Waals surface area contributed by atoms with Crippen LogP contribution in [0.3, 0.4) is 0 Å². The lowest BCUT2D eigenvalue weighted by Gasteiger charge is -2.06. The summed E-state index contributed by atoms with van der Waals surface area (Å²) in [6.07, 6.45) is 1.98. The van der Waals surface area contributed by atoms with Gasteiger partial charge in [0.2, 0.25) is 0 Å². The normalized spacial score (nSPS) is 13.0. The van der Waals surface area contributed by atoms with Crippen molar-refractivity contribution in [2.45, 2.75) is 25.9 Å². The van der Waals surface area contributed by atoms with Gasteiger partial charge in [0, 0.05) is 6.61 Å². The summed E-state index contributed by atoms with van der Waals surface area (Å²) in [5, 5.41) is 8.47. The quantitative estimate of drug-likeness (QED) is 0.435. The van der Waals surface area contributed by atoms with Crippen LogP contribution in [0.5, 0.6) is 0 Å². The van der Waals surface area contributed by atoms with Crippen molar-refractivity contribution in [2.75, 3.05) is 13.2 Å². The molecule has 0 bridgehead atoms. The van der Waals surface area contributed by atoms with Crippen LogP contribution in [0.25, 0.3) is 0 Å². The summed E-state index contributed by atoms with van der Waals surface area (Å²) in [5.41, 5.74) is 0. The molecule has 10 heavy (non-hydrogen) atoms. The van der Waals surface area contributed by atoms with Gasteiger partial charge in [-0.2, -0.15) is 0 Å². The minimum atomic E-state index is -0.619. The molecule has 0 radical (unpaired) electrons. The average Bonchev–Trinajstić information content (AvgIpc) is 1.99. The van der Waals surface area contributed by atoms with Crippen molar-refractivity contribution < 1.29 is 14.6 Å². The van der Waals surface area contributed by atoms with Crippen LogP contribution < -0.4 is 0 Å². The van der Waals surface area contributed by atoms with E-state index >= 15 is 0 Å². The lowest BCUT2D eigenvalue weighted by molar-refractivity contribution is -0.120. The van der Waals surface area contributed by atoms with E-state index in [4.69, 9.17) is 9.84 Å². The molecule has 0 amide bonds. The molecular formula is C7H14O3. The van der Waals surface area contributed by atoms with E-state index in [9.17, 15) is 4.79 Å². The van der Waals surface area contributed by atoms with Gasteiger partial charge in [-0.25, -0.2) is 0 Å². The van der Waals surface area contributed by atoms with E-state index in [1.165, 1.54) is 0 Å². The lowest BCUT2D eigenvalue weighted by Crippen LogP contribution is -2.19. The number of hydrogen-bond donors (Lipinski definition) is 1. The number of unbranched alkanes of at least 4 members (excludes halogenated alkanes) is 1. The molecule has 0 saturated carbocycles. The second-order valence-corrected chi connectivity index (χ2v) is 2.08. The zero-order chi connectivity index (χ0) is 7.82. The molecule has 0 rings (SSSR count). The van der Waals surface area contributed by atoms with Crippen molar-refractivity contribution in [3.63, 3.8) is 0 Å². The van der Waals surface area contributed by atoms with Crippen LogP contribution in [0.2, 0.25) is 0 Å². The number of hydrogen-bond acceptors (Lipinski definition) is 3. The molecule has 1 atom stereocenters. The highest BCUT2D eigenvalue weighted by Crippen LogP contribution is 1.91. The lowest BCUT2D eigenvalue weighted by atomic mass is 10.3. The second-order valence-electron chi connectivity index (χ2n) is 2.08. The van der Waals surface area contributed by atoms with E-state index in [2.05, 4.69) is 0 Å². The van der Waals surface area contributed by atoms with Crippen LogP contribution in [0.15, 0.2) is 0 Å². The second kappa shape index (κ2) is 6.71. The third kappa shape index (κ3) is 4.47. The van der Waals surface area contributed by atoms with Gasteiger partial charge in [0.25, 0.3) is 0 Å². The first kappa shape index (κ1) is 9.59. The van der Waals surface area contributed by atoms with Crippen molar-refractivity contribution in [2.24, 2.45) is 0 Å². The zero-order valence-corrected chi connectivity index (χ0v) is 6.25. The molecule has 3 heteroatoms. The minimum absolute atomic E-state index is 0.215. The Labute approximate surface area is 61.0 Å². The molecule has 1 unspecified atom stereocenters. The van der Waals surface area contributed by atoms with Gasteiger partial charge in [-0.3, -0.25) is 0 Å². The maximum Gasteiger partial charge on any atom is 0.151 e. The number of carbonyl (C=O) groups is 1. The summed E-state index contributed by atoms with van der Waals surface area (Å²) in [6.45, 7) is 2.38. The standard InChI is InChI=1S/C7H14O3/c1-2-3-4-10-7(5-8)6-9/h5,7,9H,2-4,6H2,1H3. The van der Waals surface area contributed by atoms with Crippen LogP contribution in [-0.2, 0) is 9.53 Å². The summed E-state index contributed by atoms with van der Waals surface area (Å²) in [6, 6.07) is 0. The van der Waals surface area contributed by atoms with Gasteiger partial charge in [0.15, 0.2) is 6.29 Å². The molecule has 0 aliphatic heterocycles. The van der Waals surface area contributed by atoms with Gasteiger partial charge in [-0.1, -0.05) is 13.3 Å². The van der Waals surface area contributed by atoms with Crippen molar-refractivity contribution in [1.29, 1.82) is 0 Å². The van der Waals surface area contributed by atoms with Crippen molar-refractivity contribution in [3.05, 3.63) is 0 Å². The van der Waals surface area contributed by atoms with Crippen LogP contribution in [0, 0.1) is 0 Å². The SMILES string of the molecule is CCCCOC(C=O)CO. The number of rotatable bonds is 6. The molecule has 60 valence electrons. The number of aliphatic hydroxyl groups excluding tert-OH is 1. The minimum Gasteiger partial charge on any atom is -0.393 e. The first-order valence-electron chi connectivity index (χ1n) is 3.52. The maximum atomic E-state index is 10.0. The third-order valence-corrected chi connectivity index (χ3v) is 1.16. The first-order chi connectivity index (χ1) is 4.85. The average molecular weight is 146 g/mol. The van der Waals surface area contributed by atoms with E-state index in [1.807, 2.05) is 6.92 Å². The molecule has 0 aromatic heterocycles. The van der Waals surface area contributed by atoms with Gasteiger partial charge in [-0.05, 0) is 6.42 Å². The zero-order valence-electron chi connectivity index (χ0n) is 6.25. The van der Waals surface area contributed by atoms with Crippen LogP contribution >= 0.6 is 0 Å². The molecular weight excluding hydrogens is 132 g/mol. The monoisotopic (exact) mass is 146 g/mol. The molecule has 0 spiro atoms. The number of aliphatic hydroxyl groups is 1. The molecule has 0 heterocycles. The number of aldehydes is 1. The van der Waals surface area contributed by atoms with E-state index in [1.54, 1.807) is 0 Å². The van der Waals surface area contributed by atoms with Crippen molar-refractivity contribution >= 4 is 6.29 Å². The van der Waals surface area contributed by atoms with Crippen LogP contribution in [0.1, 0.15) is 19.8 Å². The van der Waals surface area contributed by atoms with Gasteiger partial charge in [-0.15, -0.1) is 0 Å². The molecule has 0 aliphatic carbocycles. The Morgan fingerprint density at radius 2 is 2.40 bits per heavy atom. The van der Waals surface area contributed by atoms with Crippen LogP contribution in [-0.4, -0.2) is 30.7 Å². The highest BCUT2D eigenvalue weighted by Gasteiger charge is 2.02. The van der Waals surface area contributed by atoms with E-state index < -0.39 is 6.10 Å². The Morgan fingerprint density at radius 1 is 1.70 bits per heavy atom. The largest absolute Gasteiger partial charge is 0.393 e. The molecule has 0 aromatic carbocycles. The fourth-order valence-corrected chi connectivity index (χ4v) is 0.514. The van der Waals surface area contributed by atoms with E-state index in [0.29, 0.717) is 12.9 Å². The molecule has 0 saturated heterocycles. The van der Waals surface area contributed by atoms with E-state index in [-0.39, 0.29) is 6.61 Å². The fourth-order valence-electron chi connectivity index (χ4n) is 0.514. The Hall–Kier alpha value is -0.410. The van der Waals surface area contributed by atoms with Gasteiger partial charge >= 0.3 is 0 Å². The fraction of sp³-hybridized carbons (Fsp3) is 0.857. The maximum absolute atomic E-state index is 10.0. The first-order valence-corrected chi connectivity index (χ1v) is 3.52. The summed E-state index contributed by atoms with van der Waals surface area (Å²) >= 11 is 0. The third-order valence-electron chi connectivity index (χ3n) is 1.16. The highest BCUT2D eigenvalue weighted by molar-refractivity contribution is 5.55. The predicted octanol–water partition coefficient (Wildman–Crippen LogP) is 0.363. The molecule has 0 aromatic rings. The Bertz CT molecular complexity index is 82.9. The van der Waals surface area contributed by atoms with Crippen molar-refractivity contribution in [3.8, 4) is 0 Å². The highest BCUT2D eigenvalue weighted by atomic mass is 16.5. The Balaban J connectivity index is 3.17. The van der Waals surface area contributed by atoms with Gasteiger partial charge in [0.05, 0.1) is 6.61 Å².